The molecule has 0 aliphatic carbocycles. The Morgan fingerprint density at radius 1 is 1.10 bits per heavy atom. The molecule has 1 aliphatic heterocycles. The molecule has 0 saturated carbocycles. The summed E-state index contributed by atoms with van der Waals surface area (Å²) in [5.41, 5.74) is 1.41. The Labute approximate surface area is 171 Å². The van der Waals surface area contributed by atoms with Crippen molar-refractivity contribution in [2.45, 2.75) is 31.5 Å². The Balaban J connectivity index is 1.51. The summed E-state index contributed by atoms with van der Waals surface area (Å²) in [6.45, 7) is 0.215. The molecular weight excluding hydrogens is 388 g/mol. The van der Waals surface area contributed by atoms with Crippen molar-refractivity contribution in [1.82, 2.24) is 19.9 Å². The second-order valence-corrected chi connectivity index (χ2v) is 7.93. The van der Waals surface area contributed by atoms with Gasteiger partial charge in [-0.3, -0.25) is 9.59 Å². The van der Waals surface area contributed by atoms with Gasteiger partial charge >= 0.3 is 0 Å². The third-order valence-electron chi connectivity index (χ3n) is 5.10. The zero-order valence-electron chi connectivity index (χ0n) is 15.7. The lowest BCUT2D eigenvalue weighted by atomic mass is 10.0. The van der Waals surface area contributed by atoms with E-state index < -0.39 is 6.04 Å². The van der Waals surface area contributed by atoms with Crippen LogP contribution >= 0.6 is 11.8 Å². The molecule has 0 radical (unpaired) electrons. The molecule has 1 unspecified atom stereocenters. The Hall–Kier alpha value is -3.00. The van der Waals surface area contributed by atoms with Gasteiger partial charge in [0.15, 0.2) is 0 Å². The summed E-state index contributed by atoms with van der Waals surface area (Å²) in [5, 5.41) is 8.43. The van der Waals surface area contributed by atoms with Gasteiger partial charge in [0.05, 0.1) is 11.4 Å². The SMILES string of the molecule is O=CC(CCn1nnc2ccccc2c1=O)N1C(=O)SC[C@@H]1Cc1ccccc1. The number of aryl methyl sites for hydroxylation is 1. The predicted molar refractivity (Wildman–Crippen MR) is 112 cm³/mol. The van der Waals surface area contributed by atoms with Crippen LogP contribution in [0.2, 0.25) is 0 Å². The first-order valence-electron chi connectivity index (χ1n) is 9.44. The highest BCUT2D eigenvalue weighted by atomic mass is 32.2. The van der Waals surface area contributed by atoms with Gasteiger partial charge in [0.25, 0.3) is 10.8 Å². The number of rotatable bonds is 7. The highest BCUT2D eigenvalue weighted by Gasteiger charge is 2.36. The van der Waals surface area contributed by atoms with E-state index in [1.807, 2.05) is 30.3 Å². The molecule has 2 aromatic carbocycles. The second kappa shape index (κ2) is 8.57. The fourth-order valence-corrected chi connectivity index (χ4v) is 4.66. The molecule has 7 nitrogen and oxygen atoms in total. The lowest BCUT2D eigenvalue weighted by Crippen LogP contribution is -2.45. The van der Waals surface area contributed by atoms with Crippen molar-refractivity contribution in [1.29, 1.82) is 0 Å². The molecular formula is C21H20N4O3S. The number of hydrogen-bond donors (Lipinski definition) is 0. The molecule has 1 aliphatic rings. The lowest BCUT2D eigenvalue weighted by molar-refractivity contribution is -0.112. The van der Waals surface area contributed by atoms with E-state index in [9.17, 15) is 14.4 Å². The van der Waals surface area contributed by atoms with E-state index in [2.05, 4.69) is 10.3 Å². The van der Waals surface area contributed by atoms with Crippen molar-refractivity contribution in [2.75, 3.05) is 5.75 Å². The summed E-state index contributed by atoms with van der Waals surface area (Å²) >= 11 is 1.23. The normalized spacial score (nSPS) is 17.6. The summed E-state index contributed by atoms with van der Waals surface area (Å²) in [6.07, 6.45) is 1.80. The van der Waals surface area contributed by atoms with Gasteiger partial charge in [-0.2, -0.15) is 0 Å². The largest absolute Gasteiger partial charge is 0.320 e. The van der Waals surface area contributed by atoms with Gasteiger partial charge in [0, 0.05) is 18.3 Å². The molecule has 148 valence electrons. The molecule has 0 N–H and O–H groups in total. The van der Waals surface area contributed by atoms with Crippen molar-refractivity contribution in [3.63, 3.8) is 0 Å². The van der Waals surface area contributed by atoms with Gasteiger partial charge in [0.2, 0.25) is 0 Å². The first-order valence-corrected chi connectivity index (χ1v) is 10.4. The molecule has 29 heavy (non-hydrogen) atoms. The summed E-state index contributed by atoms with van der Waals surface area (Å²) in [6, 6.07) is 16.3. The van der Waals surface area contributed by atoms with Gasteiger partial charge in [-0.25, -0.2) is 4.68 Å². The third-order valence-corrected chi connectivity index (χ3v) is 6.11. The van der Waals surface area contributed by atoms with Crippen LogP contribution in [-0.2, 0) is 17.8 Å². The monoisotopic (exact) mass is 408 g/mol. The first kappa shape index (κ1) is 19.3. The topological polar surface area (TPSA) is 85.2 Å². The zero-order chi connectivity index (χ0) is 20.2. The molecule has 1 amide bonds. The number of nitrogens with zero attached hydrogens (tertiary/aromatic N) is 4. The van der Waals surface area contributed by atoms with E-state index in [-0.39, 0.29) is 23.4 Å². The van der Waals surface area contributed by atoms with Gasteiger partial charge in [-0.1, -0.05) is 59.4 Å². The van der Waals surface area contributed by atoms with Crippen LogP contribution in [-0.4, -0.2) is 49.3 Å². The van der Waals surface area contributed by atoms with Crippen LogP contribution in [0.1, 0.15) is 12.0 Å². The number of fused-ring (bicyclic) bond motifs is 1. The molecule has 0 spiro atoms. The quantitative estimate of drug-likeness (QED) is 0.559. The number of aldehydes is 1. The average Bonchev–Trinajstić information content (AvgIpc) is 3.11. The molecule has 0 bridgehead atoms. The minimum Gasteiger partial charge on any atom is -0.320 e. The van der Waals surface area contributed by atoms with Gasteiger partial charge in [-0.15, -0.1) is 5.10 Å². The zero-order valence-corrected chi connectivity index (χ0v) is 16.5. The molecule has 4 rings (SSSR count). The van der Waals surface area contributed by atoms with E-state index in [0.717, 1.165) is 11.8 Å². The van der Waals surface area contributed by atoms with E-state index in [0.29, 0.717) is 29.5 Å². The average molecular weight is 408 g/mol. The van der Waals surface area contributed by atoms with Gasteiger partial charge in [-0.05, 0) is 30.5 Å². The fourth-order valence-electron chi connectivity index (χ4n) is 3.62. The summed E-state index contributed by atoms with van der Waals surface area (Å²) < 4.78 is 1.26. The minimum atomic E-state index is -0.605. The maximum atomic E-state index is 12.6. The van der Waals surface area contributed by atoms with Crippen molar-refractivity contribution in [2.24, 2.45) is 0 Å². The number of aromatic nitrogens is 3. The standard InChI is InChI=1S/C21H20N4O3S/c26-13-16(10-11-24-20(27)18-8-4-5-9-19(18)22-23-24)25-17(14-29-21(25)28)12-15-6-2-1-3-7-15/h1-9,13,16-17H,10-12,14H2/t16?,17-/m0/s1. The molecule has 8 heteroatoms. The van der Waals surface area contributed by atoms with Crippen LogP contribution in [0.4, 0.5) is 4.79 Å². The first-order chi connectivity index (χ1) is 14.2. The van der Waals surface area contributed by atoms with E-state index in [4.69, 9.17) is 0 Å². The maximum absolute atomic E-state index is 12.6. The van der Waals surface area contributed by atoms with E-state index >= 15 is 0 Å². The molecule has 1 aromatic heterocycles. The summed E-state index contributed by atoms with van der Waals surface area (Å²) in [7, 11) is 0. The predicted octanol–water partition coefficient (Wildman–Crippen LogP) is 2.53. The number of carbonyl (C=O) groups excluding carboxylic acids is 2. The molecule has 3 aromatic rings. The van der Waals surface area contributed by atoms with Gasteiger partial charge < -0.3 is 9.69 Å². The van der Waals surface area contributed by atoms with Gasteiger partial charge in [0.1, 0.15) is 11.8 Å². The second-order valence-electron chi connectivity index (χ2n) is 6.95. The molecule has 2 heterocycles. The van der Waals surface area contributed by atoms with Crippen molar-refractivity contribution >= 4 is 34.2 Å². The van der Waals surface area contributed by atoms with Crippen LogP contribution in [0.5, 0.6) is 0 Å². The lowest BCUT2D eigenvalue weighted by Gasteiger charge is -2.29. The molecule has 1 saturated heterocycles. The Kier molecular flexibility index (Phi) is 5.71. The van der Waals surface area contributed by atoms with Crippen molar-refractivity contribution in [3.05, 3.63) is 70.5 Å². The van der Waals surface area contributed by atoms with Crippen molar-refractivity contribution < 1.29 is 9.59 Å². The van der Waals surface area contributed by atoms with Crippen LogP contribution in [0.3, 0.4) is 0 Å². The van der Waals surface area contributed by atoms with Crippen LogP contribution < -0.4 is 5.56 Å². The summed E-state index contributed by atoms with van der Waals surface area (Å²) in [5.74, 6) is 0.647. The number of hydrogen-bond acceptors (Lipinski definition) is 6. The third kappa shape index (κ3) is 4.07. The van der Waals surface area contributed by atoms with E-state index in [1.165, 1.54) is 16.4 Å². The smallest absolute Gasteiger partial charge is 0.282 e. The Morgan fingerprint density at radius 3 is 2.66 bits per heavy atom. The minimum absolute atomic E-state index is 0.0514. The van der Waals surface area contributed by atoms with Crippen LogP contribution in [0, 0.1) is 0 Å². The Bertz CT molecular complexity index is 1090. The molecule has 2 atom stereocenters. The van der Waals surface area contributed by atoms with E-state index in [1.54, 1.807) is 29.2 Å². The maximum Gasteiger partial charge on any atom is 0.282 e. The number of carbonyl (C=O) groups is 2. The highest BCUT2D eigenvalue weighted by Crippen LogP contribution is 2.29. The summed E-state index contributed by atoms with van der Waals surface area (Å²) in [4.78, 5) is 38.6. The van der Waals surface area contributed by atoms with Crippen molar-refractivity contribution in [3.8, 4) is 0 Å². The highest BCUT2D eigenvalue weighted by molar-refractivity contribution is 8.13. The molecule has 1 fully saturated rings. The number of thioether (sulfide) groups is 1. The fraction of sp³-hybridized carbons (Fsp3) is 0.286. The number of benzene rings is 2. The Morgan fingerprint density at radius 2 is 1.86 bits per heavy atom. The number of amides is 1. The van der Waals surface area contributed by atoms with Crippen LogP contribution in [0.15, 0.2) is 59.4 Å². The van der Waals surface area contributed by atoms with Crippen LogP contribution in [0.25, 0.3) is 10.9 Å².